The van der Waals surface area contributed by atoms with Crippen molar-refractivity contribution in [1.82, 2.24) is 29.6 Å². The van der Waals surface area contributed by atoms with E-state index in [9.17, 15) is 0 Å². The van der Waals surface area contributed by atoms with Crippen LogP contribution in [0.15, 0.2) is 55.4 Å². The van der Waals surface area contributed by atoms with Crippen molar-refractivity contribution >= 4 is 0 Å². The SMILES string of the molecule is c1cncc(CC2C(Oc3ccc(-n4ccnc4)nn3)C3CCN2CC3)c1. The molecule has 0 N–H and O–H groups in total. The summed E-state index contributed by atoms with van der Waals surface area (Å²) in [4.78, 5) is 10.9. The molecule has 7 nitrogen and oxygen atoms in total. The Labute approximate surface area is 158 Å². The molecule has 2 bridgehead atoms. The van der Waals surface area contributed by atoms with Crippen molar-refractivity contribution in [1.29, 1.82) is 0 Å². The average molecular weight is 362 g/mol. The summed E-state index contributed by atoms with van der Waals surface area (Å²) in [6.45, 7) is 2.31. The molecule has 0 radical (unpaired) electrons. The van der Waals surface area contributed by atoms with E-state index in [-0.39, 0.29) is 6.10 Å². The molecule has 0 saturated carbocycles. The fraction of sp³-hybridized carbons (Fsp3) is 0.400. The summed E-state index contributed by atoms with van der Waals surface area (Å²) in [5.74, 6) is 1.90. The van der Waals surface area contributed by atoms with E-state index >= 15 is 0 Å². The first-order valence-electron chi connectivity index (χ1n) is 9.48. The first kappa shape index (κ1) is 16.4. The zero-order valence-corrected chi connectivity index (χ0v) is 15.1. The maximum Gasteiger partial charge on any atom is 0.233 e. The molecule has 3 aliphatic rings. The van der Waals surface area contributed by atoms with Crippen molar-refractivity contribution in [2.45, 2.75) is 31.4 Å². The number of pyridine rings is 1. The van der Waals surface area contributed by atoms with Crippen molar-refractivity contribution < 1.29 is 4.74 Å². The van der Waals surface area contributed by atoms with E-state index in [0.29, 0.717) is 17.8 Å². The van der Waals surface area contributed by atoms with Crippen molar-refractivity contribution in [2.24, 2.45) is 5.92 Å². The number of hydrogen-bond acceptors (Lipinski definition) is 6. The molecule has 27 heavy (non-hydrogen) atoms. The molecule has 3 saturated heterocycles. The van der Waals surface area contributed by atoms with Crippen LogP contribution in [0.5, 0.6) is 5.88 Å². The number of piperidine rings is 3. The minimum Gasteiger partial charge on any atom is -0.471 e. The summed E-state index contributed by atoms with van der Waals surface area (Å²) >= 11 is 0. The Morgan fingerprint density at radius 3 is 2.67 bits per heavy atom. The van der Waals surface area contributed by atoms with E-state index in [0.717, 1.165) is 25.3 Å². The van der Waals surface area contributed by atoms with Gasteiger partial charge in [0, 0.05) is 30.9 Å². The molecular formula is C20H22N6O. The van der Waals surface area contributed by atoms with E-state index < -0.39 is 0 Å². The summed E-state index contributed by atoms with van der Waals surface area (Å²) in [5, 5.41) is 8.58. The molecule has 0 spiro atoms. The number of imidazole rings is 1. The predicted octanol–water partition coefficient (Wildman–Crippen LogP) is 2.14. The Hall–Kier alpha value is -2.80. The Kier molecular flexibility index (Phi) is 4.29. The van der Waals surface area contributed by atoms with E-state index in [4.69, 9.17) is 4.74 Å². The number of hydrogen-bond donors (Lipinski definition) is 0. The lowest BCUT2D eigenvalue weighted by Gasteiger charge is -2.50. The molecule has 0 amide bonds. The van der Waals surface area contributed by atoms with Crippen molar-refractivity contribution in [3.63, 3.8) is 0 Å². The fourth-order valence-electron chi connectivity index (χ4n) is 4.33. The van der Waals surface area contributed by atoms with E-state index in [1.807, 2.05) is 41.4 Å². The molecule has 6 rings (SSSR count). The Morgan fingerprint density at radius 1 is 1.04 bits per heavy atom. The molecule has 138 valence electrons. The van der Waals surface area contributed by atoms with Gasteiger partial charge in [-0.05, 0) is 56.0 Å². The Bertz CT molecular complexity index is 859. The molecule has 0 aliphatic carbocycles. The maximum absolute atomic E-state index is 6.39. The third-order valence-corrected chi connectivity index (χ3v) is 5.71. The quantitative estimate of drug-likeness (QED) is 0.693. The lowest BCUT2D eigenvalue weighted by atomic mass is 9.78. The summed E-state index contributed by atoms with van der Waals surface area (Å²) in [6.07, 6.45) is 12.5. The minimum atomic E-state index is 0.140. The molecule has 3 aliphatic heterocycles. The molecule has 0 aromatic carbocycles. The smallest absolute Gasteiger partial charge is 0.233 e. The largest absolute Gasteiger partial charge is 0.471 e. The molecule has 6 heterocycles. The van der Waals surface area contributed by atoms with Crippen LogP contribution in [0.1, 0.15) is 18.4 Å². The molecule has 2 unspecified atom stereocenters. The molecule has 7 heteroatoms. The van der Waals surface area contributed by atoms with Crippen LogP contribution in [0.3, 0.4) is 0 Å². The van der Waals surface area contributed by atoms with Gasteiger partial charge in [-0.1, -0.05) is 6.07 Å². The summed E-state index contributed by atoms with van der Waals surface area (Å²) in [6, 6.07) is 8.33. The van der Waals surface area contributed by atoms with Gasteiger partial charge in [-0.3, -0.25) is 14.5 Å². The molecular weight excluding hydrogens is 340 g/mol. The fourth-order valence-corrected chi connectivity index (χ4v) is 4.33. The zero-order valence-electron chi connectivity index (χ0n) is 15.1. The van der Waals surface area contributed by atoms with Crippen molar-refractivity contribution in [3.8, 4) is 11.7 Å². The second-order valence-electron chi connectivity index (χ2n) is 7.29. The molecule has 3 aromatic heterocycles. The Morgan fingerprint density at radius 2 is 1.96 bits per heavy atom. The lowest BCUT2D eigenvalue weighted by molar-refractivity contribution is -0.0599. The van der Waals surface area contributed by atoms with E-state index in [1.54, 1.807) is 12.5 Å². The van der Waals surface area contributed by atoms with Gasteiger partial charge in [-0.2, -0.15) is 0 Å². The van der Waals surface area contributed by atoms with Crippen molar-refractivity contribution in [3.05, 3.63) is 60.9 Å². The summed E-state index contributed by atoms with van der Waals surface area (Å²) < 4.78 is 8.22. The highest BCUT2D eigenvalue weighted by Crippen LogP contribution is 2.36. The van der Waals surface area contributed by atoms with E-state index in [1.165, 1.54) is 18.4 Å². The summed E-state index contributed by atoms with van der Waals surface area (Å²) in [7, 11) is 0. The number of rotatable bonds is 5. The highest BCUT2D eigenvalue weighted by Gasteiger charge is 2.43. The van der Waals surface area contributed by atoms with E-state index in [2.05, 4.69) is 31.1 Å². The zero-order chi connectivity index (χ0) is 18.1. The summed E-state index contributed by atoms with van der Waals surface area (Å²) in [5.41, 5.74) is 1.25. The monoisotopic (exact) mass is 362 g/mol. The first-order chi connectivity index (χ1) is 13.4. The van der Waals surface area contributed by atoms with Crippen LogP contribution in [-0.2, 0) is 6.42 Å². The molecule has 3 aromatic rings. The van der Waals surface area contributed by atoms with Crippen molar-refractivity contribution in [2.75, 3.05) is 13.1 Å². The third kappa shape index (κ3) is 3.30. The van der Waals surface area contributed by atoms with Crippen LogP contribution < -0.4 is 4.74 Å². The Balaban J connectivity index is 1.35. The van der Waals surface area contributed by atoms with Gasteiger partial charge in [0.05, 0.1) is 6.04 Å². The highest BCUT2D eigenvalue weighted by atomic mass is 16.5. The van der Waals surface area contributed by atoms with Gasteiger partial charge in [0.2, 0.25) is 5.88 Å². The lowest BCUT2D eigenvalue weighted by Crippen LogP contribution is -2.60. The van der Waals surface area contributed by atoms with Gasteiger partial charge in [0.15, 0.2) is 5.82 Å². The van der Waals surface area contributed by atoms with Gasteiger partial charge >= 0.3 is 0 Å². The van der Waals surface area contributed by atoms with Crippen LogP contribution in [0.2, 0.25) is 0 Å². The number of aromatic nitrogens is 5. The second kappa shape index (κ2) is 7.08. The van der Waals surface area contributed by atoms with Gasteiger partial charge in [-0.25, -0.2) is 4.98 Å². The molecule has 3 fully saturated rings. The van der Waals surface area contributed by atoms with Gasteiger partial charge in [0.25, 0.3) is 0 Å². The van der Waals surface area contributed by atoms with Crippen LogP contribution in [0.25, 0.3) is 5.82 Å². The van der Waals surface area contributed by atoms with Crippen LogP contribution in [0, 0.1) is 5.92 Å². The van der Waals surface area contributed by atoms with Crippen LogP contribution in [-0.4, -0.2) is 54.9 Å². The number of fused-ring (bicyclic) bond motifs is 3. The van der Waals surface area contributed by atoms with Gasteiger partial charge in [0.1, 0.15) is 12.4 Å². The number of ether oxygens (including phenoxy) is 1. The predicted molar refractivity (Wildman–Crippen MR) is 99.6 cm³/mol. The van der Waals surface area contributed by atoms with Gasteiger partial charge < -0.3 is 4.74 Å². The molecule has 2 atom stereocenters. The average Bonchev–Trinajstić information content (AvgIpc) is 3.27. The van der Waals surface area contributed by atoms with Crippen LogP contribution >= 0.6 is 0 Å². The normalized spacial score (nSPS) is 26.8. The maximum atomic E-state index is 6.39. The standard InChI is InChI=1S/C20H22N6O/c1-2-15(13-21-7-1)12-17-20(16-5-9-25(17)10-6-16)27-19-4-3-18(23-24-19)26-11-8-22-14-26/h1-4,7-8,11,13-14,16-17,20H,5-6,9-10,12H2. The minimum absolute atomic E-state index is 0.140. The van der Waals surface area contributed by atoms with Gasteiger partial charge in [-0.15, -0.1) is 10.2 Å². The topological polar surface area (TPSA) is 69.0 Å². The van der Waals surface area contributed by atoms with Crippen LogP contribution in [0.4, 0.5) is 0 Å². The number of nitrogens with zero attached hydrogens (tertiary/aromatic N) is 6. The third-order valence-electron chi connectivity index (χ3n) is 5.71. The second-order valence-corrected chi connectivity index (χ2v) is 7.29. The first-order valence-corrected chi connectivity index (χ1v) is 9.48. The highest BCUT2D eigenvalue weighted by molar-refractivity contribution is 5.24.